The van der Waals surface area contributed by atoms with E-state index in [2.05, 4.69) is 5.32 Å². The van der Waals surface area contributed by atoms with Crippen LogP contribution in [-0.2, 0) is 6.42 Å². The molecule has 0 aromatic heterocycles. The molecule has 0 heterocycles. The molecule has 0 radical (unpaired) electrons. The van der Waals surface area contributed by atoms with E-state index in [4.69, 9.17) is 4.74 Å². The molecule has 0 spiro atoms. The van der Waals surface area contributed by atoms with E-state index in [-0.39, 0.29) is 31.3 Å². The Bertz CT molecular complexity index is 565. The Hall–Kier alpha value is -1.79. The summed E-state index contributed by atoms with van der Waals surface area (Å²) in [4.78, 5) is 0. The molecule has 2 aromatic rings. The van der Waals surface area contributed by atoms with Crippen molar-refractivity contribution in [2.75, 3.05) is 13.2 Å². The molecule has 4 N–H and O–H groups in total. The average molecular weight is 354 g/mol. The molecule has 0 fully saturated rings. The van der Waals surface area contributed by atoms with E-state index >= 15 is 0 Å². The number of phenolic OH excluding ortho intramolecular Hbond substituents is 1. The van der Waals surface area contributed by atoms with Crippen molar-refractivity contribution in [3.63, 3.8) is 0 Å². The van der Waals surface area contributed by atoms with Crippen molar-refractivity contribution < 1.29 is 20.1 Å². The van der Waals surface area contributed by atoms with Crippen LogP contribution in [-0.4, -0.2) is 40.8 Å². The van der Waals surface area contributed by atoms with E-state index in [1.807, 2.05) is 42.5 Å². The van der Waals surface area contributed by atoms with Crippen LogP contribution in [0, 0.1) is 0 Å². The number of nitrogens with one attached hydrogen (secondary N) is 1. The number of aliphatic hydroxyl groups is 2. The lowest BCUT2D eigenvalue weighted by Crippen LogP contribution is -2.38. The van der Waals surface area contributed by atoms with Crippen LogP contribution in [0.3, 0.4) is 0 Å². The zero-order valence-electron chi connectivity index (χ0n) is 13.3. The van der Waals surface area contributed by atoms with Crippen molar-refractivity contribution in [1.29, 1.82) is 0 Å². The summed E-state index contributed by atoms with van der Waals surface area (Å²) in [5.41, 5.74) is 1.04. The van der Waals surface area contributed by atoms with Crippen LogP contribution in [0.4, 0.5) is 0 Å². The first-order chi connectivity index (χ1) is 11.1. The number of halogens is 1. The fraction of sp³-hybridized carbons (Fsp3) is 0.333. The summed E-state index contributed by atoms with van der Waals surface area (Å²) in [6, 6.07) is 16.2. The van der Waals surface area contributed by atoms with Crippen molar-refractivity contribution in [3.05, 3.63) is 60.2 Å². The number of hydrogen-bond acceptors (Lipinski definition) is 5. The third-order valence-electron chi connectivity index (χ3n) is 3.42. The molecule has 0 saturated heterocycles. The lowest BCUT2D eigenvalue weighted by Gasteiger charge is -2.17. The zero-order chi connectivity index (χ0) is 16.5. The first kappa shape index (κ1) is 20.3. The molecule has 5 nitrogen and oxygen atoms in total. The Balaban J connectivity index is 0.00000288. The summed E-state index contributed by atoms with van der Waals surface area (Å²) in [5, 5.41) is 31.8. The molecule has 132 valence electrons. The lowest BCUT2D eigenvalue weighted by molar-refractivity contribution is 0.0711. The number of hydrogen-bond donors (Lipinski definition) is 4. The number of benzene rings is 2. The maximum Gasteiger partial charge on any atom is 0.119 e. The van der Waals surface area contributed by atoms with Gasteiger partial charge in [0, 0.05) is 6.54 Å². The van der Waals surface area contributed by atoms with E-state index < -0.39 is 12.3 Å². The topological polar surface area (TPSA) is 82.0 Å². The van der Waals surface area contributed by atoms with Crippen molar-refractivity contribution in [2.45, 2.75) is 25.2 Å². The summed E-state index contributed by atoms with van der Waals surface area (Å²) in [6.07, 6.45) is -0.184. The van der Waals surface area contributed by atoms with E-state index in [1.165, 1.54) is 0 Å². The van der Waals surface area contributed by atoms with Gasteiger partial charge in [-0.25, -0.2) is 0 Å². The van der Waals surface area contributed by atoms with Crippen LogP contribution < -0.4 is 10.1 Å². The van der Waals surface area contributed by atoms with Gasteiger partial charge in [-0.1, -0.05) is 30.3 Å². The number of aryl methyl sites for hydroxylation is 1. The molecule has 0 saturated carbocycles. The van der Waals surface area contributed by atoms with Gasteiger partial charge in [-0.05, 0) is 42.7 Å². The van der Waals surface area contributed by atoms with E-state index in [0.717, 1.165) is 5.56 Å². The van der Waals surface area contributed by atoms with Crippen molar-refractivity contribution in [1.82, 2.24) is 5.32 Å². The van der Waals surface area contributed by atoms with Gasteiger partial charge in [-0.3, -0.25) is 5.32 Å². The van der Waals surface area contributed by atoms with Crippen LogP contribution in [0.25, 0.3) is 0 Å². The fourth-order valence-corrected chi connectivity index (χ4v) is 2.11. The Kier molecular flexibility index (Phi) is 9.19. The molecule has 0 aliphatic rings. The van der Waals surface area contributed by atoms with Crippen LogP contribution >= 0.6 is 12.4 Å². The van der Waals surface area contributed by atoms with Gasteiger partial charge >= 0.3 is 0 Å². The Morgan fingerprint density at radius 2 is 1.62 bits per heavy atom. The van der Waals surface area contributed by atoms with Crippen molar-refractivity contribution in [2.24, 2.45) is 0 Å². The van der Waals surface area contributed by atoms with Gasteiger partial charge in [0.1, 0.15) is 30.4 Å². The standard InChI is InChI=1S/C18H23NO4.ClH/c20-15-9-6-14(7-10-15)8-11-18(22)19-12-16(21)13-23-17-4-2-1-3-5-17;/h1-7,9-10,16,18-22H,8,11-13H2;1H/t16?,18-;/m0./s1. The van der Waals surface area contributed by atoms with Gasteiger partial charge < -0.3 is 20.1 Å². The molecule has 24 heavy (non-hydrogen) atoms. The third-order valence-corrected chi connectivity index (χ3v) is 3.42. The van der Waals surface area contributed by atoms with Crippen molar-refractivity contribution in [3.8, 4) is 11.5 Å². The van der Waals surface area contributed by atoms with E-state index in [9.17, 15) is 15.3 Å². The molecule has 0 bridgehead atoms. The maximum atomic E-state index is 9.89. The number of para-hydroxylation sites is 1. The molecule has 0 aliphatic heterocycles. The second-order valence-electron chi connectivity index (χ2n) is 5.41. The minimum absolute atomic E-state index is 0. The molecular weight excluding hydrogens is 330 g/mol. The highest BCUT2D eigenvalue weighted by atomic mass is 35.5. The number of aromatic hydroxyl groups is 1. The van der Waals surface area contributed by atoms with Gasteiger partial charge in [0.05, 0.1) is 0 Å². The van der Waals surface area contributed by atoms with Gasteiger partial charge in [-0.15, -0.1) is 12.4 Å². The summed E-state index contributed by atoms with van der Waals surface area (Å²) in [7, 11) is 0. The minimum atomic E-state index is -0.699. The summed E-state index contributed by atoms with van der Waals surface area (Å²) in [6.45, 7) is 0.422. The monoisotopic (exact) mass is 353 g/mol. The first-order valence-corrected chi connectivity index (χ1v) is 7.69. The summed E-state index contributed by atoms with van der Waals surface area (Å²) >= 11 is 0. The van der Waals surface area contributed by atoms with Crippen LogP contribution in [0.1, 0.15) is 12.0 Å². The normalized spacial score (nSPS) is 12.9. The van der Waals surface area contributed by atoms with Gasteiger partial charge in [0.25, 0.3) is 0 Å². The molecule has 6 heteroatoms. The fourth-order valence-electron chi connectivity index (χ4n) is 2.11. The molecular formula is C18H24ClNO4. The number of aliphatic hydroxyl groups excluding tert-OH is 2. The maximum absolute atomic E-state index is 9.89. The van der Waals surface area contributed by atoms with E-state index in [0.29, 0.717) is 18.6 Å². The number of ether oxygens (including phenoxy) is 1. The molecule has 2 atom stereocenters. The highest BCUT2D eigenvalue weighted by Crippen LogP contribution is 2.12. The minimum Gasteiger partial charge on any atom is -0.508 e. The van der Waals surface area contributed by atoms with Gasteiger partial charge in [0.15, 0.2) is 0 Å². The van der Waals surface area contributed by atoms with Gasteiger partial charge in [-0.2, -0.15) is 0 Å². The quantitative estimate of drug-likeness (QED) is 0.519. The second kappa shape index (κ2) is 10.9. The first-order valence-electron chi connectivity index (χ1n) is 7.69. The van der Waals surface area contributed by atoms with Crippen LogP contribution in [0.15, 0.2) is 54.6 Å². The summed E-state index contributed by atoms with van der Waals surface area (Å²) < 4.78 is 5.45. The largest absolute Gasteiger partial charge is 0.508 e. The second-order valence-corrected chi connectivity index (χ2v) is 5.41. The lowest BCUT2D eigenvalue weighted by atomic mass is 10.1. The molecule has 2 aromatic carbocycles. The molecule has 1 unspecified atom stereocenters. The van der Waals surface area contributed by atoms with Crippen LogP contribution in [0.2, 0.25) is 0 Å². The van der Waals surface area contributed by atoms with Crippen LogP contribution in [0.5, 0.6) is 11.5 Å². The third kappa shape index (κ3) is 7.66. The van der Waals surface area contributed by atoms with Crippen molar-refractivity contribution >= 4 is 12.4 Å². The van der Waals surface area contributed by atoms with Gasteiger partial charge in [0.2, 0.25) is 0 Å². The molecule has 0 aliphatic carbocycles. The Morgan fingerprint density at radius 1 is 0.958 bits per heavy atom. The smallest absolute Gasteiger partial charge is 0.119 e. The Morgan fingerprint density at radius 3 is 2.29 bits per heavy atom. The highest BCUT2D eigenvalue weighted by molar-refractivity contribution is 5.85. The average Bonchev–Trinajstić information content (AvgIpc) is 2.58. The highest BCUT2D eigenvalue weighted by Gasteiger charge is 2.09. The number of rotatable bonds is 9. The van der Waals surface area contributed by atoms with E-state index in [1.54, 1.807) is 12.1 Å². The SMILES string of the molecule is Cl.Oc1ccc(CC[C@H](O)NCC(O)COc2ccccc2)cc1. The Labute approximate surface area is 148 Å². The predicted octanol–water partition coefficient (Wildman–Crippen LogP) is 2.09. The molecule has 2 rings (SSSR count). The molecule has 0 amide bonds. The zero-order valence-corrected chi connectivity index (χ0v) is 14.2. The predicted molar refractivity (Wildman–Crippen MR) is 95.6 cm³/mol. The summed E-state index contributed by atoms with van der Waals surface area (Å²) in [5.74, 6) is 0.938. The number of phenols is 1.